The SMILES string of the molecule is COc1cccc2cc(C(=O)NCCN(C)C)c(=O)oc12. The fourth-order valence-electron chi connectivity index (χ4n) is 1.93. The molecule has 6 heteroatoms. The highest BCUT2D eigenvalue weighted by Crippen LogP contribution is 2.24. The van der Waals surface area contributed by atoms with E-state index in [1.54, 1.807) is 18.2 Å². The summed E-state index contributed by atoms with van der Waals surface area (Å²) >= 11 is 0. The van der Waals surface area contributed by atoms with E-state index in [1.807, 2.05) is 19.0 Å². The fraction of sp³-hybridized carbons (Fsp3) is 0.333. The van der Waals surface area contributed by atoms with Crippen molar-refractivity contribution in [1.29, 1.82) is 0 Å². The zero-order valence-corrected chi connectivity index (χ0v) is 12.3. The van der Waals surface area contributed by atoms with Crippen LogP contribution >= 0.6 is 0 Å². The molecule has 0 aliphatic heterocycles. The Kier molecular flexibility index (Phi) is 4.59. The molecule has 0 fully saturated rings. The number of para-hydroxylation sites is 1. The van der Waals surface area contributed by atoms with E-state index in [-0.39, 0.29) is 5.56 Å². The lowest BCUT2D eigenvalue weighted by Crippen LogP contribution is -2.33. The number of likely N-dealkylation sites (N-methyl/N-ethyl adjacent to an activating group) is 1. The van der Waals surface area contributed by atoms with E-state index in [2.05, 4.69) is 5.32 Å². The number of carbonyl (C=O) groups excluding carboxylic acids is 1. The lowest BCUT2D eigenvalue weighted by atomic mass is 10.1. The van der Waals surface area contributed by atoms with Gasteiger partial charge in [0.1, 0.15) is 5.56 Å². The van der Waals surface area contributed by atoms with E-state index in [1.165, 1.54) is 13.2 Å². The standard InChI is InChI=1S/C15H18N2O4/c1-17(2)8-7-16-14(18)11-9-10-5-4-6-12(20-3)13(10)21-15(11)19/h4-6,9H,7-8H2,1-3H3,(H,16,18). The average molecular weight is 290 g/mol. The number of nitrogens with one attached hydrogen (secondary N) is 1. The number of benzene rings is 1. The summed E-state index contributed by atoms with van der Waals surface area (Å²) in [6.45, 7) is 1.15. The summed E-state index contributed by atoms with van der Waals surface area (Å²) in [7, 11) is 5.31. The van der Waals surface area contributed by atoms with Crippen LogP contribution in [-0.2, 0) is 0 Å². The van der Waals surface area contributed by atoms with Crippen LogP contribution in [0.5, 0.6) is 5.75 Å². The van der Waals surface area contributed by atoms with Crippen LogP contribution in [0, 0.1) is 0 Å². The first kappa shape index (κ1) is 15.1. The van der Waals surface area contributed by atoms with Crippen molar-refractivity contribution < 1.29 is 13.9 Å². The quantitative estimate of drug-likeness (QED) is 0.835. The predicted molar refractivity (Wildman–Crippen MR) is 79.9 cm³/mol. The third kappa shape index (κ3) is 3.41. The Balaban J connectivity index is 2.31. The van der Waals surface area contributed by atoms with Crippen LogP contribution < -0.4 is 15.7 Å². The van der Waals surface area contributed by atoms with Gasteiger partial charge in [-0.2, -0.15) is 0 Å². The van der Waals surface area contributed by atoms with E-state index in [4.69, 9.17) is 9.15 Å². The number of rotatable bonds is 5. The number of ether oxygens (including phenoxy) is 1. The molecule has 0 spiro atoms. The Bertz CT molecular complexity index is 706. The van der Waals surface area contributed by atoms with Gasteiger partial charge < -0.3 is 19.4 Å². The first-order valence-corrected chi connectivity index (χ1v) is 6.56. The highest BCUT2D eigenvalue weighted by molar-refractivity contribution is 5.97. The van der Waals surface area contributed by atoms with Crippen LogP contribution in [0.2, 0.25) is 0 Å². The van der Waals surface area contributed by atoms with Gasteiger partial charge in [0.2, 0.25) is 0 Å². The van der Waals surface area contributed by atoms with Crippen LogP contribution in [-0.4, -0.2) is 45.1 Å². The third-order valence-electron chi connectivity index (χ3n) is 3.03. The van der Waals surface area contributed by atoms with Crippen molar-refractivity contribution in [2.45, 2.75) is 0 Å². The molecule has 6 nitrogen and oxygen atoms in total. The van der Waals surface area contributed by atoms with E-state index in [9.17, 15) is 9.59 Å². The summed E-state index contributed by atoms with van der Waals surface area (Å²) < 4.78 is 10.3. The van der Waals surface area contributed by atoms with Gasteiger partial charge >= 0.3 is 5.63 Å². The van der Waals surface area contributed by atoms with Gasteiger partial charge in [0, 0.05) is 18.5 Å². The maximum Gasteiger partial charge on any atom is 0.349 e. The van der Waals surface area contributed by atoms with Crippen LogP contribution in [0.3, 0.4) is 0 Å². The number of amides is 1. The molecule has 1 aromatic heterocycles. The molecule has 2 rings (SSSR count). The number of methoxy groups -OCH3 is 1. The van der Waals surface area contributed by atoms with Crippen LogP contribution in [0.1, 0.15) is 10.4 Å². The molecule has 112 valence electrons. The van der Waals surface area contributed by atoms with Gasteiger partial charge in [-0.1, -0.05) is 12.1 Å². The second kappa shape index (κ2) is 6.41. The molecule has 0 aliphatic rings. The van der Waals surface area contributed by atoms with Crippen molar-refractivity contribution in [3.63, 3.8) is 0 Å². The van der Waals surface area contributed by atoms with Gasteiger partial charge in [0.25, 0.3) is 5.91 Å². The van der Waals surface area contributed by atoms with Gasteiger partial charge in [0.05, 0.1) is 7.11 Å². The Morgan fingerprint density at radius 3 is 2.81 bits per heavy atom. The van der Waals surface area contributed by atoms with Crippen molar-refractivity contribution in [2.75, 3.05) is 34.3 Å². The Morgan fingerprint density at radius 2 is 2.14 bits per heavy atom. The number of fused-ring (bicyclic) bond motifs is 1. The highest BCUT2D eigenvalue weighted by atomic mass is 16.5. The summed E-state index contributed by atoms with van der Waals surface area (Å²) in [6, 6.07) is 6.75. The minimum Gasteiger partial charge on any atom is -0.493 e. The molecular weight excluding hydrogens is 272 g/mol. The second-order valence-electron chi connectivity index (χ2n) is 4.89. The van der Waals surface area contributed by atoms with E-state index < -0.39 is 11.5 Å². The van der Waals surface area contributed by atoms with Gasteiger partial charge in [-0.3, -0.25) is 4.79 Å². The third-order valence-corrected chi connectivity index (χ3v) is 3.03. The van der Waals surface area contributed by atoms with E-state index in [0.29, 0.717) is 29.8 Å². The summed E-state index contributed by atoms with van der Waals surface area (Å²) in [5.74, 6) is 0.0273. The topological polar surface area (TPSA) is 71.8 Å². The number of carbonyl (C=O) groups is 1. The van der Waals surface area contributed by atoms with Crippen LogP contribution in [0.25, 0.3) is 11.0 Å². The molecule has 2 aromatic rings. The molecule has 0 radical (unpaired) electrons. The Hall–Kier alpha value is -2.34. The van der Waals surface area contributed by atoms with Crippen LogP contribution in [0.15, 0.2) is 33.5 Å². The molecule has 1 heterocycles. The minimum absolute atomic E-state index is 0.00508. The molecule has 0 atom stereocenters. The average Bonchev–Trinajstić information content (AvgIpc) is 2.45. The predicted octanol–water partition coefficient (Wildman–Crippen LogP) is 1.09. The Morgan fingerprint density at radius 1 is 1.38 bits per heavy atom. The molecule has 1 aromatic carbocycles. The molecular formula is C15H18N2O4. The number of hydrogen-bond acceptors (Lipinski definition) is 5. The molecule has 1 amide bonds. The lowest BCUT2D eigenvalue weighted by molar-refractivity contribution is 0.0947. The zero-order valence-electron chi connectivity index (χ0n) is 12.3. The summed E-state index contributed by atoms with van der Waals surface area (Å²) in [5, 5.41) is 3.34. The van der Waals surface area contributed by atoms with Gasteiger partial charge in [0.15, 0.2) is 11.3 Å². The van der Waals surface area contributed by atoms with Gasteiger partial charge in [-0.05, 0) is 26.2 Å². The first-order valence-electron chi connectivity index (χ1n) is 6.56. The minimum atomic E-state index is -0.672. The van der Waals surface area contributed by atoms with Crippen LogP contribution in [0.4, 0.5) is 0 Å². The molecule has 0 aliphatic carbocycles. The summed E-state index contributed by atoms with van der Waals surface area (Å²) in [4.78, 5) is 25.9. The maximum atomic E-state index is 12.0. The fourth-order valence-corrected chi connectivity index (χ4v) is 1.93. The largest absolute Gasteiger partial charge is 0.493 e. The lowest BCUT2D eigenvalue weighted by Gasteiger charge is -2.10. The molecule has 0 bridgehead atoms. The van der Waals surface area contributed by atoms with Crippen molar-refractivity contribution >= 4 is 16.9 Å². The number of hydrogen-bond donors (Lipinski definition) is 1. The second-order valence-corrected chi connectivity index (χ2v) is 4.89. The van der Waals surface area contributed by atoms with Crippen molar-refractivity contribution in [3.8, 4) is 5.75 Å². The first-order chi connectivity index (χ1) is 10.0. The molecule has 0 saturated carbocycles. The maximum absolute atomic E-state index is 12.0. The smallest absolute Gasteiger partial charge is 0.349 e. The van der Waals surface area contributed by atoms with Crippen molar-refractivity contribution in [2.24, 2.45) is 0 Å². The van der Waals surface area contributed by atoms with E-state index >= 15 is 0 Å². The molecule has 0 unspecified atom stereocenters. The summed E-state index contributed by atoms with van der Waals surface area (Å²) in [5.41, 5.74) is -0.335. The normalized spacial score (nSPS) is 10.9. The van der Waals surface area contributed by atoms with Crippen molar-refractivity contribution in [3.05, 3.63) is 40.2 Å². The number of nitrogens with zero attached hydrogens (tertiary/aromatic N) is 1. The van der Waals surface area contributed by atoms with Crippen molar-refractivity contribution in [1.82, 2.24) is 10.2 Å². The van der Waals surface area contributed by atoms with E-state index in [0.717, 1.165) is 0 Å². The van der Waals surface area contributed by atoms with Gasteiger partial charge in [-0.25, -0.2) is 4.79 Å². The van der Waals surface area contributed by atoms with Gasteiger partial charge in [-0.15, -0.1) is 0 Å². The zero-order chi connectivity index (χ0) is 15.4. The summed E-state index contributed by atoms with van der Waals surface area (Å²) in [6.07, 6.45) is 0. The highest BCUT2D eigenvalue weighted by Gasteiger charge is 2.15. The molecule has 21 heavy (non-hydrogen) atoms. The monoisotopic (exact) mass is 290 g/mol. The molecule has 0 saturated heterocycles. The Labute approximate surface area is 122 Å². The molecule has 1 N–H and O–H groups in total.